The second-order valence-corrected chi connectivity index (χ2v) is 8.87. The molecule has 1 aliphatic heterocycles. The lowest BCUT2D eigenvalue weighted by atomic mass is 9.98. The Balaban J connectivity index is 1.19. The molecule has 4 rings (SSSR count). The highest BCUT2D eigenvalue weighted by atomic mass is 16.5. The second kappa shape index (κ2) is 10.7. The van der Waals surface area contributed by atoms with E-state index in [2.05, 4.69) is 34.9 Å². The largest absolute Gasteiger partial charge is 0.479 e. The van der Waals surface area contributed by atoms with Crippen LogP contribution in [0, 0.1) is 11.8 Å². The number of carbonyl (C=O) groups excluding carboxylic acids is 2. The smallest absolute Gasteiger partial charge is 0.407 e. The van der Waals surface area contributed by atoms with Crippen molar-refractivity contribution in [1.29, 1.82) is 0 Å². The van der Waals surface area contributed by atoms with E-state index in [1.54, 1.807) is 6.92 Å². The molecule has 1 aliphatic carbocycles. The number of carboxylic acids is 1. The van der Waals surface area contributed by atoms with Gasteiger partial charge in [0.15, 0.2) is 6.10 Å². The molecule has 8 heteroatoms. The van der Waals surface area contributed by atoms with E-state index in [0.29, 0.717) is 26.0 Å². The Morgan fingerprint density at radius 2 is 1.71 bits per heavy atom. The number of nitrogens with one attached hydrogen (secondary N) is 2. The molecule has 0 aromatic heterocycles. The van der Waals surface area contributed by atoms with Gasteiger partial charge in [0.1, 0.15) is 6.61 Å². The number of hydrogen-bond acceptors (Lipinski definition) is 5. The minimum absolute atomic E-state index is 0.00273. The van der Waals surface area contributed by atoms with Gasteiger partial charge >= 0.3 is 12.1 Å². The van der Waals surface area contributed by atoms with Crippen LogP contribution in [0.15, 0.2) is 48.5 Å². The lowest BCUT2D eigenvalue weighted by Crippen LogP contribution is -2.39. The maximum absolute atomic E-state index is 12.3. The summed E-state index contributed by atoms with van der Waals surface area (Å²) >= 11 is 0. The van der Waals surface area contributed by atoms with Crippen LogP contribution in [0.5, 0.6) is 0 Å². The van der Waals surface area contributed by atoms with Gasteiger partial charge in [-0.1, -0.05) is 55.5 Å². The Morgan fingerprint density at radius 3 is 2.35 bits per heavy atom. The van der Waals surface area contributed by atoms with Crippen molar-refractivity contribution in [2.75, 3.05) is 26.3 Å². The molecule has 0 radical (unpaired) electrons. The summed E-state index contributed by atoms with van der Waals surface area (Å²) in [6.07, 6.45) is -0.332. The Labute approximate surface area is 198 Å². The molecule has 3 atom stereocenters. The first-order valence-electron chi connectivity index (χ1n) is 11.7. The van der Waals surface area contributed by atoms with Crippen molar-refractivity contribution in [2.24, 2.45) is 11.8 Å². The summed E-state index contributed by atoms with van der Waals surface area (Å²) in [7, 11) is 0. The number of aliphatic carboxylic acids is 1. The Bertz CT molecular complexity index is 1010. The molecule has 2 amide bonds. The number of fused-ring (bicyclic) bond motifs is 3. The fourth-order valence-electron chi connectivity index (χ4n) is 4.69. The van der Waals surface area contributed by atoms with Gasteiger partial charge < -0.3 is 25.2 Å². The van der Waals surface area contributed by atoms with E-state index in [-0.39, 0.29) is 36.8 Å². The van der Waals surface area contributed by atoms with Crippen LogP contribution in [0.2, 0.25) is 0 Å². The van der Waals surface area contributed by atoms with Gasteiger partial charge in [0.05, 0.1) is 0 Å². The van der Waals surface area contributed by atoms with Crippen LogP contribution in [-0.4, -0.2) is 55.5 Å². The quantitative estimate of drug-likeness (QED) is 0.523. The molecule has 2 aliphatic rings. The molecule has 3 N–H and O–H groups in total. The van der Waals surface area contributed by atoms with Crippen molar-refractivity contribution < 1.29 is 29.0 Å². The van der Waals surface area contributed by atoms with Gasteiger partial charge in [-0.3, -0.25) is 4.79 Å². The summed E-state index contributed by atoms with van der Waals surface area (Å²) < 4.78 is 10.7. The first-order chi connectivity index (χ1) is 16.5. The number of rotatable bonds is 9. The Kier molecular flexibility index (Phi) is 7.47. The Morgan fingerprint density at radius 1 is 1.06 bits per heavy atom. The highest BCUT2D eigenvalue weighted by Gasteiger charge is 2.34. The SMILES string of the molecule is CC(CCNC(=O)OCC1c2ccccc2-c2ccccc21)C(=O)NC[C@@H]1CCO[C@@H]1C(=O)O. The number of ether oxygens (including phenoxy) is 2. The zero-order chi connectivity index (χ0) is 24.1. The van der Waals surface area contributed by atoms with Crippen molar-refractivity contribution in [1.82, 2.24) is 10.6 Å². The molecule has 2 aromatic carbocycles. The van der Waals surface area contributed by atoms with E-state index in [1.165, 1.54) is 11.1 Å². The summed E-state index contributed by atoms with van der Waals surface area (Å²) in [5.41, 5.74) is 4.65. The van der Waals surface area contributed by atoms with E-state index < -0.39 is 18.2 Å². The monoisotopic (exact) mass is 466 g/mol. The third-order valence-corrected chi connectivity index (χ3v) is 6.63. The lowest BCUT2D eigenvalue weighted by Gasteiger charge is -2.18. The van der Waals surface area contributed by atoms with Crippen molar-refractivity contribution in [3.8, 4) is 11.1 Å². The van der Waals surface area contributed by atoms with Gasteiger partial charge in [0, 0.05) is 37.5 Å². The molecule has 34 heavy (non-hydrogen) atoms. The number of amides is 2. The molecule has 0 spiro atoms. The van der Waals surface area contributed by atoms with Crippen LogP contribution in [0.4, 0.5) is 4.79 Å². The third-order valence-electron chi connectivity index (χ3n) is 6.63. The zero-order valence-electron chi connectivity index (χ0n) is 19.2. The molecule has 1 fully saturated rings. The molecule has 1 unspecified atom stereocenters. The van der Waals surface area contributed by atoms with Gasteiger partial charge in [-0.25, -0.2) is 9.59 Å². The van der Waals surface area contributed by atoms with E-state index in [0.717, 1.165) is 11.1 Å². The van der Waals surface area contributed by atoms with Crippen LogP contribution >= 0.6 is 0 Å². The summed E-state index contributed by atoms with van der Waals surface area (Å²) in [6, 6.07) is 16.3. The molecule has 180 valence electrons. The van der Waals surface area contributed by atoms with Gasteiger partial charge in [-0.2, -0.15) is 0 Å². The molecule has 1 heterocycles. The molecule has 1 saturated heterocycles. The third kappa shape index (κ3) is 5.22. The normalized spacial score (nSPS) is 19.7. The highest BCUT2D eigenvalue weighted by Crippen LogP contribution is 2.44. The average Bonchev–Trinajstić information content (AvgIpc) is 3.44. The van der Waals surface area contributed by atoms with Crippen LogP contribution in [0.25, 0.3) is 11.1 Å². The number of hydrogen-bond donors (Lipinski definition) is 3. The standard InChI is InChI=1S/C26H30N2O6/c1-16(24(29)28-14-17-11-13-33-23(17)25(30)31)10-12-27-26(32)34-15-22-20-8-4-2-6-18(20)19-7-3-5-9-21(19)22/h2-9,16-17,22-23H,10-15H2,1H3,(H,27,32)(H,28,29)(H,30,31)/t16?,17-,23-/m0/s1. The van der Waals surface area contributed by atoms with Gasteiger partial charge in [-0.05, 0) is 35.1 Å². The zero-order valence-corrected chi connectivity index (χ0v) is 19.2. The topological polar surface area (TPSA) is 114 Å². The van der Waals surface area contributed by atoms with E-state index >= 15 is 0 Å². The van der Waals surface area contributed by atoms with Crippen LogP contribution < -0.4 is 10.6 Å². The van der Waals surface area contributed by atoms with Crippen LogP contribution in [0.3, 0.4) is 0 Å². The molecular formula is C26H30N2O6. The highest BCUT2D eigenvalue weighted by molar-refractivity contribution is 5.79. The number of alkyl carbamates (subject to hydrolysis) is 1. The van der Waals surface area contributed by atoms with E-state index in [9.17, 15) is 14.4 Å². The van der Waals surface area contributed by atoms with E-state index in [1.807, 2.05) is 24.3 Å². The van der Waals surface area contributed by atoms with Gasteiger partial charge in [-0.15, -0.1) is 0 Å². The average molecular weight is 467 g/mol. The Hall–Kier alpha value is -3.39. The fourth-order valence-corrected chi connectivity index (χ4v) is 4.69. The summed E-state index contributed by atoms with van der Waals surface area (Å²) in [6.45, 7) is 2.96. The molecule has 0 bridgehead atoms. The number of carbonyl (C=O) groups is 3. The molecule has 8 nitrogen and oxygen atoms in total. The molecule has 2 aromatic rings. The first kappa shape index (κ1) is 23.8. The maximum Gasteiger partial charge on any atom is 0.407 e. The van der Waals surface area contributed by atoms with Crippen molar-refractivity contribution in [3.63, 3.8) is 0 Å². The maximum atomic E-state index is 12.3. The fraction of sp³-hybridized carbons (Fsp3) is 0.423. The lowest BCUT2D eigenvalue weighted by molar-refractivity contribution is -0.149. The van der Waals surface area contributed by atoms with Crippen LogP contribution in [0.1, 0.15) is 36.8 Å². The predicted molar refractivity (Wildman–Crippen MR) is 125 cm³/mol. The molecule has 0 saturated carbocycles. The predicted octanol–water partition coefficient (Wildman–Crippen LogP) is 3.16. The molecular weight excluding hydrogens is 436 g/mol. The van der Waals surface area contributed by atoms with E-state index in [4.69, 9.17) is 14.6 Å². The van der Waals surface area contributed by atoms with Gasteiger partial charge in [0.2, 0.25) is 5.91 Å². The minimum Gasteiger partial charge on any atom is -0.479 e. The summed E-state index contributed by atoms with van der Waals surface area (Å²) in [5.74, 6) is -1.74. The second-order valence-electron chi connectivity index (χ2n) is 8.87. The first-order valence-corrected chi connectivity index (χ1v) is 11.7. The van der Waals surface area contributed by atoms with Crippen molar-refractivity contribution >= 4 is 18.0 Å². The van der Waals surface area contributed by atoms with Crippen molar-refractivity contribution in [3.05, 3.63) is 59.7 Å². The minimum atomic E-state index is -1.00. The number of carboxylic acid groups (broad SMARTS) is 1. The van der Waals surface area contributed by atoms with Gasteiger partial charge in [0.25, 0.3) is 0 Å². The van der Waals surface area contributed by atoms with Crippen molar-refractivity contribution in [2.45, 2.75) is 31.8 Å². The number of benzene rings is 2. The summed E-state index contributed by atoms with van der Waals surface area (Å²) in [5, 5.41) is 14.7. The van der Waals surface area contributed by atoms with Crippen LogP contribution in [-0.2, 0) is 19.1 Å². The summed E-state index contributed by atoms with van der Waals surface area (Å²) in [4.78, 5) is 35.8.